The van der Waals surface area contributed by atoms with Crippen molar-refractivity contribution in [2.45, 2.75) is 54.6 Å². The minimum atomic E-state index is -4.94. The average molecular weight is 1220 g/mol. The summed E-state index contributed by atoms with van der Waals surface area (Å²) in [5, 5.41) is 22.2. The van der Waals surface area contributed by atoms with Crippen molar-refractivity contribution in [1.82, 2.24) is 19.8 Å². The van der Waals surface area contributed by atoms with Crippen molar-refractivity contribution in [3.05, 3.63) is 59.2 Å². The number of aromatic carboxylic acids is 2. The third-order valence-electron chi connectivity index (χ3n) is 8.75. The van der Waals surface area contributed by atoms with Crippen LogP contribution in [0.3, 0.4) is 0 Å². The van der Waals surface area contributed by atoms with Crippen molar-refractivity contribution in [3.8, 4) is 0 Å². The number of carbonyl (C=O) groups is 2. The number of hydrogen-bond donors (Lipinski definition) is 2. The first-order chi connectivity index (χ1) is 31.2. The van der Waals surface area contributed by atoms with E-state index in [1.807, 2.05) is 0 Å². The molecular weight excluding hydrogens is 1160 g/mol. The molecule has 1 fully saturated rings. The van der Waals surface area contributed by atoms with Crippen LogP contribution in [-0.2, 0) is 32.0 Å². The van der Waals surface area contributed by atoms with Gasteiger partial charge in [0, 0.05) is 39.3 Å². The van der Waals surface area contributed by atoms with Gasteiger partial charge in [-0.2, -0.15) is 0 Å². The molecule has 3 rings (SSSR count). The van der Waals surface area contributed by atoms with Gasteiger partial charge in [0.25, 0.3) is 0 Å². The second-order valence-corrected chi connectivity index (χ2v) is 15.6. The number of pyridine rings is 2. The Morgan fingerprint density at radius 1 is 0.478 bits per heavy atom. The smallest absolute Gasteiger partial charge is 0.543 e. The van der Waals surface area contributed by atoms with Gasteiger partial charge >= 0.3 is 46.9 Å². The molecule has 2 aromatic heterocycles. The fourth-order valence-corrected chi connectivity index (χ4v) is 5.28. The molecule has 1 aliphatic heterocycles. The summed E-state index contributed by atoms with van der Waals surface area (Å²) in [7, 11) is -14.8. The zero-order chi connectivity index (χ0) is 51.9. The van der Waals surface area contributed by atoms with E-state index in [9.17, 15) is 19.8 Å². The van der Waals surface area contributed by atoms with Crippen LogP contribution in [0.25, 0.3) is 0 Å². The molecule has 1 saturated heterocycles. The van der Waals surface area contributed by atoms with Gasteiger partial charge in [-0.15, -0.1) is 30.7 Å². The molecule has 0 aliphatic carbocycles. The normalized spacial score (nSPS) is 14.8. The van der Waals surface area contributed by atoms with Crippen LogP contribution in [0.15, 0.2) is 36.4 Å². The van der Waals surface area contributed by atoms with Gasteiger partial charge in [-0.1, -0.05) is 12.1 Å². The van der Waals surface area contributed by atoms with Gasteiger partial charge in [-0.05, 0) is 65.8 Å². The topological polar surface area (TPSA) is 467 Å². The molecule has 31 heteroatoms. The molecule has 27 nitrogen and oxygen atoms in total. The molecule has 0 saturated carbocycles. The number of carboxylic acids is 2. The average Bonchev–Trinajstić information content (AvgIpc) is 3.22. The first-order valence-corrected chi connectivity index (χ1v) is 24.5. The van der Waals surface area contributed by atoms with Crippen LogP contribution < -0.4 is 75.9 Å². The monoisotopic (exact) mass is 1220 g/mol. The van der Waals surface area contributed by atoms with E-state index >= 15 is 0 Å². The summed E-state index contributed by atoms with van der Waals surface area (Å²) in [6.07, 6.45) is 0. The van der Waals surface area contributed by atoms with Gasteiger partial charge in [0.2, 0.25) is 0 Å². The van der Waals surface area contributed by atoms with Crippen LogP contribution in [0.5, 0.6) is 0 Å². The summed E-state index contributed by atoms with van der Waals surface area (Å²) in [6, 6.07) is 9.69. The Kier molecular flexibility index (Phi) is 51.8. The van der Waals surface area contributed by atoms with E-state index in [4.69, 9.17) is 74.9 Å². The predicted molar refractivity (Wildman–Crippen MR) is 200 cm³/mol. The zero-order valence-electron chi connectivity index (χ0n) is 39.5. The Labute approximate surface area is 448 Å². The van der Waals surface area contributed by atoms with Crippen LogP contribution in [0.4, 0.5) is 0 Å². The molecule has 0 aromatic carbocycles. The number of halogens is 3. The molecule has 1 aliphatic rings. The standard InChI is InChI=1S/C26H36N4O8.2C6H15N.3ClHO4.H2O.Yb/c31-25(32)23-5-1-3-21(27-23)19-29-7-11-35-15-17-37-13-9-30(10-14-38-18-16-36-12-8-29)20-22-4-2-6-24(28-22)26(33)34;2*1-4-7(5-2)6-3;3*2-1(3,4)5;;/h1-6H,7-20H2,(H,31,32)(H,33,34);2*4-6H2,1-3H3;3*(H,2,3,4,5);1H2;/q;;;;;;;+3/p-3. The summed E-state index contributed by atoms with van der Waals surface area (Å²) >= 11 is 0. The van der Waals surface area contributed by atoms with Crippen LogP contribution >= 0.6 is 0 Å². The van der Waals surface area contributed by atoms with Gasteiger partial charge in [-0.3, -0.25) is 19.8 Å². The molecule has 0 spiro atoms. The van der Waals surface area contributed by atoms with Crippen LogP contribution in [0, 0.1) is 77.7 Å². The van der Waals surface area contributed by atoms with E-state index in [-0.39, 0.29) is 63.8 Å². The van der Waals surface area contributed by atoms with E-state index in [1.54, 1.807) is 34.1 Å². The maximum atomic E-state index is 11.1. The molecule has 411 valence electrons. The maximum absolute atomic E-state index is 11.1. The van der Waals surface area contributed by atoms with Crippen molar-refractivity contribution in [2.75, 3.05) is 118 Å². The number of quaternary nitrogens is 2. The Morgan fingerprint density at radius 3 is 0.870 bits per heavy atom. The third kappa shape index (κ3) is 59.2. The Morgan fingerprint density at radius 2 is 0.696 bits per heavy atom. The predicted octanol–water partition coefficient (Wildman–Crippen LogP) is -16.6. The minimum Gasteiger partial charge on any atom is -0.543 e. The minimum absolute atomic E-state index is 0. The SMILES string of the molecule is CC[NH+](CC)CC.CC[NH+](CC)CC.O.O=C([O-])c1cccc(CN2CCOCCOCCN(Cc3cccc(C(=O)[O-])n3)CCOCCOCC2)n1.[O-][Cl+3]([O-])([O-])[O-].[O-][Cl+3]([O-])([O-])[O-].[O-][Cl+3]([O-])([O-])[O-].[Yb+3]. The number of carbonyl (C=O) groups excluding carboxylic acids is 2. The van der Waals surface area contributed by atoms with E-state index in [0.29, 0.717) is 104 Å². The molecule has 1 radical (unpaired) electrons. The third-order valence-corrected chi connectivity index (χ3v) is 8.75. The first kappa shape index (κ1) is 76.7. The zero-order valence-corrected chi connectivity index (χ0v) is 43.4. The molecule has 0 unspecified atom stereocenters. The quantitative estimate of drug-likeness (QED) is 0.199. The van der Waals surface area contributed by atoms with E-state index in [0.717, 1.165) is 0 Å². The van der Waals surface area contributed by atoms with Crippen molar-refractivity contribution < 1.29 is 188 Å². The molecule has 0 amide bonds. The van der Waals surface area contributed by atoms with Crippen LogP contribution in [0.1, 0.15) is 73.9 Å². The number of ether oxygens (including phenoxy) is 4. The van der Waals surface area contributed by atoms with Crippen LogP contribution in [-0.4, -0.2) is 155 Å². The van der Waals surface area contributed by atoms with E-state index in [1.165, 1.54) is 51.4 Å². The summed E-state index contributed by atoms with van der Waals surface area (Å²) in [4.78, 5) is 38.1. The van der Waals surface area contributed by atoms with Crippen molar-refractivity contribution in [3.63, 3.8) is 0 Å². The summed E-state index contributed by atoms with van der Waals surface area (Å²) in [6.45, 7) is 28.0. The fourth-order valence-electron chi connectivity index (χ4n) is 5.28. The molecule has 69 heavy (non-hydrogen) atoms. The first-order valence-electron chi connectivity index (χ1n) is 20.8. The Hall–Kier alpha value is -1.21. The number of hydrogen-bond acceptors (Lipinski definition) is 24. The van der Waals surface area contributed by atoms with Gasteiger partial charge < -0.3 is 54.0 Å². The summed E-state index contributed by atoms with van der Waals surface area (Å²) in [5.74, 6) is -2.61. The Balaban J connectivity index is -0.000000357. The molecule has 4 N–H and O–H groups in total. The fraction of sp³-hybridized carbons (Fsp3) is 0.684. The van der Waals surface area contributed by atoms with E-state index < -0.39 is 42.7 Å². The van der Waals surface area contributed by atoms with Gasteiger partial charge in [0.1, 0.15) is 0 Å². The second kappa shape index (κ2) is 46.6. The maximum Gasteiger partial charge on any atom is 3.00 e. The molecule has 0 bridgehead atoms. The molecule has 2 aromatic rings. The van der Waals surface area contributed by atoms with Gasteiger partial charge in [0.15, 0.2) is 0 Å². The number of aromatic nitrogens is 2. The van der Waals surface area contributed by atoms with Crippen molar-refractivity contribution in [2.24, 2.45) is 0 Å². The molecule has 3 heterocycles. The molecular formula is C38H68Cl3N6O21Yb. The number of rotatable bonds is 12. The largest absolute Gasteiger partial charge is 3.00 e. The number of nitrogens with one attached hydrogen (secondary N) is 2. The van der Waals surface area contributed by atoms with E-state index in [2.05, 4.69) is 61.3 Å². The van der Waals surface area contributed by atoms with Crippen molar-refractivity contribution >= 4 is 11.9 Å². The summed E-state index contributed by atoms with van der Waals surface area (Å²) in [5.41, 5.74) is 1.08. The number of carboxylic acid groups (broad SMARTS) is 2. The van der Waals surface area contributed by atoms with Crippen molar-refractivity contribution in [1.29, 1.82) is 0 Å². The second-order valence-electron chi connectivity index (χ2n) is 13.4. The molecule has 0 atom stereocenters. The van der Waals surface area contributed by atoms with Gasteiger partial charge in [0.05, 0.1) is 127 Å². The Bertz CT molecular complexity index is 1350. The summed E-state index contributed by atoms with van der Waals surface area (Å²) < 4.78 is 125. The van der Waals surface area contributed by atoms with Crippen LogP contribution in [0.2, 0.25) is 0 Å². The van der Waals surface area contributed by atoms with Gasteiger partial charge in [-0.25, -0.2) is 55.9 Å². The number of nitrogens with zero attached hydrogens (tertiary/aromatic N) is 4.